The molecule has 9 heteroatoms. The summed E-state index contributed by atoms with van der Waals surface area (Å²) in [5, 5.41) is 16.8. The largest absolute Gasteiger partial charge is 0.412 e. The molecular formula is C44H79N3O6. The first-order chi connectivity index (χ1) is 26.0. The summed E-state index contributed by atoms with van der Waals surface area (Å²) in [6.07, 6.45) is 39.6. The lowest BCUT2D eigenvalue weighted by molar-refractivity contribution is -0.384. The minimum atomic E-state index is -0.732. The van der Waals surface area contributed by atoms with Crippen LogP contribution in [-0.2, 0) is 0 Å². The van der Waals surface area contributed by atoms with Gasteiger partial charge in [-0.1, -0.05) is 206 Å². The summed E-state index contributed by atoms with van der Waals surface area (Å²) in [7, 11) is 0. The lowest BCUT2D eigenvalue weighted by Gasteiger charge is -2.12. The second-order valence-corrected chi connectivity index (χ2v) is 15.1. The molecule has 0 atom stereocenters. The lowest BCUT2D eigenvalue weighted by atomic mass is 10.0. The summed E-state index contributed by atoms with van der Waals surface area (Å²) >= 11 is 0. The molecule has 2 amide bonds. The molecule has 0 aliphatic heterocycles. The molecule has 9 nitrogen and oxygen atoms in total. The van der Waals surface area contributed by atoms with Crippen LogP contribution in [0.5, 0.6) is 11.5 Å². The maximum absolute atomic E-state index is 12.5. The van der Waals surface area contributed by atoms with Crippen molar-refractivity contribution in [3.63, 3.8) is 0 Å². The predicted molar refractivity (Wildman–Crippen MR) is 220 cm³/mol. The Hall–Kier alpha value is -2.84. The number of carbonyl (C=O) groups is 2. The Balaban J connectivity index is 2.13. The van der Waals surface area contributed by atoms with Crippen LogP contribution >= 0.6 is 0 Å². The number of non-ortho nitro benzene ring substituents is 1. The summed E-state index contributed by atoms with van der Waals surface area (Å²) < 4.78 is 10.7. The van der Waals surface area contributed by atoms with Crippen molar-refractivity contribution in [1.29, 1.82) is 0 Å². The summed E-state index contributed by atoms with van der Waals surface area (Å²) in [6.45, 7) is 5.45. The average molecular weight is 746 g/mol. The molecule has 53 heavy (non-hydrogen) atoms. The molecule has 0 fully saturated rings. The Morgan fingerprint density at radius 3 is 1.06 bits per heavy atom. The second kappa shape index (κ2) is 36.2. The van der Waals surface area contributed by atoms with Gasteiger partial charge in [-0.15, -0.1) is 0 Å². The van der Waals surface area contributed by atoms with E-state index >= 15 is 0 Å². The van der Waals surface area contributed by atoms with Crippen LogP contribution < -0.4 is 20.1 Å². The number of amides is 2. The molecule has 2 N–H and O–H groups in total. The molecular weight excluding hydrogens is 666 g/mol. The lowest BCUT2D eigenvalue weighted by Crippen LogP contribution is -2.29. The van der Waals surface area contributed by atoms with E-state index in [-0.39, 0.29) is 17.2 Å². The third kappa shape index (κ3) is 30.2. The van der Waals surface area contributed by atoms with Gasteiger partial charge in [0.25, 0.3) is 5.69 Å². The smallest absolute Gasteiger partial charge is 0.406 e. The number of nitrogens with one attached hydrogen (secondary N) is 2. The molecule has 0 saturated heterocycles. The molecule has 0 aromatic heterocycles. The Bertz CT molecular complexity index is 1040. The van der Waals surface area contributed by atoms with E-state index in [1.54, 1.807) is 0 Å². The van der Waals surface area contributed by atoms with Crippen molar-refractivity contribution in [2.75, 3.05) is 13.1 Å². The van der Waals surface area contributed by atoms with Crippen LogP contribution in [0.2, 0.25) is 0 Å². The number of nitro groups is 1. The number of ether oxygens (including phenoxy) is 2. The van der Waals surface area contributed by atoms with Crippen molar-refractivity contribution < 1.29 is 24.0 Å². The number of carbonyl (C=O) groups excluding carboxylic acids is 2. The van der Waals surface area contributed by atoms with Crippen LogP contribution in [0.3, 0.4) is 0 Å². The molecule has 306 valence electrons. The van der Waals surface area contributed by atoms with Gasteiger partial charge in [-0.3, -0.25) is 10.1 Å². The van der Waals surface area contributed by atoms with Crippen LogP contribution in [-0.4, -0.2) is 30.2 Å². The van der Waals surface area contributed by atoms with Gasteiger partial charge < -0.3 is 20.1 Å². The SMILES string of the molecule is CCCCCCCCCCCCCCCCCCNC(=O)Oc1ccc([N+](=O)[O-])cc1OC(=O)NCCCCCCCCCCCCCCCCCC. The van der Waals surface area contributed by atoms with E-state index in [1.165, 1.54) is 179 Å². The molecule has 0 bridgehead atoms. The first-order valence-electron chi connectivity index (χ1n) is 22.2. The topological polar surface area (TPSA) is 120 Å². The van der Waals surface area contributed by atoms with E-state index in [4.69, 9.17) is 9.47 Å². The van der Waals surface area contributed by atoms with Gasteiger partial charge >= 0.3 is 12.2 Å². The van der Waals surface area contributed by atoms with Crippen molar-refractivity contribution in [3.8, 4) is 11.5 Å². The highest BCUT2D eigenvalue weighted by Gasteiger charge is 2.18. The summed E-state index contributed by atoms with van der Waals surface area (Å²) in [5.41, 5.74) is -0.258. The van der Waals surface area contributed by atoms with Gasteiger partial charge in [-0.05, 0) is 18.9 Å². The van der Waals surface area contributed by atoms with Gasteiger partial charge in [0.15, 0.2) is 11.5 Å². The van der Waals surface area contributed by atoms with Gasteiger partial charge in [0.1, 0.15) is 0 Å². The van der Waals surface area contributed by atoms with Crippen molar-refractivity contribution in [1.82, 2.24) is 10.6 Å². The van der Waals surface area contributed by atoms with Crippen molar-refractivity contribution in [2.24, 2.45) is 0 Å². The zero-order chi connectivity index (χ0) is 38.5. The van der Waals surface area contributed by atoms with Crippen LogP contribution in [0.15, 0.2) is 18.2 Å². The highest BCUT2D eigenvalue weighted by molar-refractivity contribution is 5.75. The predicted octanol–water partition coefficient (Wildman–Crippen LogP) is 14.3. The number of unbranched alkanes of at least 4 members (excludes halogenated alkanes) is 30. The first-order valence-corrected chi connectivity index (χ1v) is 22.2. The number of nitro benzene ring substituents is 1. The minimum Gasteiger partial charge on any atom is -0.406 e. The van der Waals surface area contributed by atoms with Gasteiger partial charge in [-0.2, -0.15) is 0 Å². The monoisotopic (exact) mass is 746 g/mol. The van der Waals surface area contributed by atoms with E-state index in [9.17, 15) is 19.7 Å². The first kappa shape index (κ1) is 48.2. The Labute approximate surface area is 324 Å². The molecule has 0 heterocycles. The molecule has 1 rings (SSSR count). The molecule has 0 aliphatic carbocycles. The van der Waals surface area contributed by atoms with Crippen molar-refractivity contribution in [3.05, 3.63) is 28.3 Å². The number of benzene rings is 1. The van der Waals surface area contributed by atoms with E-state index in [0.717, 1.165) is 44.6 Å². The fourth-order valence-electron chi connectivity index (χ4n) is 6.77. The number of hydrogen-bond acceptors (Lipinski definition) is 6. The molecule has 0 aliphatic rings. The fourth-order valence-corrected chi connectivity index (χ4v) is 6.77. The second-order valence-electron chi connectivity index (χ2n) is 15.1. The number of rotatable bonds is 37. The van der Waals surface area contributed by atoms with Gasteiger partial charge in [-0.25, -0.2) is 9.59 Å². The fraction of sp³-hybridized carbons (Fsp3) is 0.818. The highest BCUT2D eigenvalue weighted by atomic mass is 16.6. The normalized spacial score (nSPS) is 11.1. The maximum atomic E-state index is 12.5. The van der Waals surface area contributed by atoms with E-state index in [2.05, 4.69) is 24.5 Å². The Morgan fingerprint density at radius 2 is 0.755 bits per heavy atom. The quantitative estimate of drug-likeness (QED) is 0.0397. The van der Waals surface area contributed by atoms with E-state index in [1.807, 2.05) is 0 Å². The van der Waals surface area contributed by atoms with Gasteiger partial charge in [0, 0.05) is 19.2 Å². The molecule has 1 aromatic rings. The average Bonchev–Trinajstić information content (AvgIpc) is 3.14. The van der Waals surface area contributed by atoms with Crippen LogP contribution in [0, 0.1) is 10.1 Å². The molecule has 0 radical (unpaired) electrons. The van der Waals surface area contributed by atoms with Gasteiger partial charge in [0.2, 0.25) is 0 Å². The zero-order valence-electron chi connectivity index (χ0n) is 34.2. The summed E-state index contributed by atoms with van der Waals surface area (Å²) in [4.78, 5) is 35.7. The van der Waals surface area contributed by atoms with E-state index < -0.39 is 17.1 Å². The zero-order valence-corrected chi connectivity index (χ0v) is 34.2. The molecule has 0 unspecified atom stereocenters. The molecule has 0 spiro atoms. The third-order valence-electron chi connectivity index (χ3n) is 10.1. The van der Waals surface area contributed by atoms with Crippen LogP contribution in [0.4, 0.5) is 15.3 Å². The minimum absolute atomic E-state index is 0.0439. The molecule has 1 aromatic carbocycles. The number of nitrogens with zero attached hydrogens (tertiary/aromatic N) is 1. The van der Waals surface area contributed by atoms with E-state index in [0.29, 0.717) is 13.1 Å². The standard InChI is InChI=1S/C44H79N3O6/c1-3-5-7-9-11-13-15-17-19-21-23-25-27-29-31-33-37-45-43(48)52-41-36-35-40(47(50)51)39-42(41)53-44(49)46-38-34-32-30-28-26-24-22-20-18-16-14-12-10-8-6-4-2/h35-36,39H,3-34,37-38H2,1-2H3,(H,45,48)(H,46,49). The molecule has 0 saturated carbocycles. The number of hydrogen-bond donors (Lipinski definition) is 2. The Kier molecular flexibility index (Phi) is 32.9. The maximum Gasteiger partial charge on any atom is 0.412 e. The van der Waals surface area contributed by atoms with Crippen molar-refractivity contribution >= 4 is 17.9 Å². The summed E-state index contributed by atoms with van der Waals surface area (Å²) in [5.74, 6) is -0.209. The third-order valence-corrected chi connectivity index (χ3v) is 10.1. The highest BCUT2D eigenvalue weighted by Crippen LogP contribution is 2.32. The van der Waals surface area contributed by atoms with Crippen molar-refractivity contribution in [2.45, 2.75) is 219 Å². The summed E-state index contributed by atoms with van der Waals surface area (Å²) in [6, 6.07) is 3.61. The van der Waals surface area contributed by atoms with Crippen LogP contribution in [0.25, 0.3) is 0 Å². The Morgan fingerprint density at radius 1 is 0.472 bits per heavy atom. The van der Waals surface area contributed by atoms with Crippen LogP contribution in [0.1, 0.15) is 219 Å². The van der Waals surface area contributed by atoms with Gasteiger partial charge in [0.05, 0.1) is 11.0 Å².